The van der Waals surface area contributed by atoms with E-state index in [2.05, 4.69) is 0 Å². The molecule has 1 aromatic heterocycles. The zero-order chi connectivity index (χ0) is 22.9. The molecule has 3 N–H and O–H groups in total. The third-order valence-corrected chi connectivity index (χ3v) is 6.79. The highest BCUT2D eigenvalue weighted by Gasteiger charge is 2.49. The largest absolute Gasteiger partial charge is 0.462 e. The molecule has 0 radical (unpaired) electrons. The van der Waals surface area contributed by atoms with E-state index in [4.69, 9.17) is 10.5 Å². The van der Waals surface area contributed by atoms with Crippen LogP contribution in [0.2, 0.25) is 0 Å². The van der Waals surface area contributed by atoms with E-state index < -0.39 is 29.7 Å². The van der Waals surface area contributed by atoms with Crippen molar-refractivity contribution in [3.05, 3.63) is 51.9 Å². The Morgan fingerprint density at radius 2 is 1.90 bits per heavy atom. The molecular formula is C22H27N3O5S. The molecule has 1 aliphatic heterocycles. The van der Waals surface area contributed by atoms with E-state index in [1.54, 1.807) is 18.7 Å². The van der Waals surface area contributed by atoms with Gasteiger partial charge in [0.15, 0.2) is 0 Å². The summed E-state index contributed by atoms with van der Waals surface area (Å²) in [6.45, 7) is 6.92. The van der Waals surface area contributed by atoms with Gasteiger partial charge in [-0.3, -0.25) is 14.5 Å². The molecule has 1 unspecified atom stereocenters. The number of fused-ring (bicyclic) bond motifs is 1. The fraction of sp³-hybridized carbons (Fsp3) is 0.409. The minimum absolute atomic E-state index is 0.204. The predicted molar refractivity (Wildman–Crippen MR) is 118 cm³/mol. The number of nitrogens with zero attached hydrogens (tertiary/aromatic N) is 2. The minimum atomic E-state index is -1.45. The smallest absolute Gasteiger partial charge is 0.348 e. The summed E-state index contributed by atoms with van der Waals surface area (Å²) >= 11 is 1.11. The number of carbonyl (C=O) groups is 3. The number of esters is 1. The molecule has 1 aromatic carbocycles. The lowest BCUT2D eigenvalue weighted by Gasteiger charge is -2.47. The maximum absolute atomic E-state index is 13.4. The van der Waals surface area contributed by atoms with Gasteiger partial charge in [0.05, 0.1) is 12.2 Å². The van der Waals surface area contributed by atoms with Crippen molar-refractivity contribution in [3.63, 3.8) is 0 Å². The van der Waals surface area contributed by atoms with E-state index >= 15 is 0 Å². The van der Waals surface area contributed by atoms with E-state index in [9.17, 15) is 19.5 Å². The highest BCUT2D eigenvalue weighted by atomic mass is 32.1. The number of hydrogen-bond acceptors (Lipinski definition) is 7. The van der Waals surface area contributed by atoms with Crippen molar-refractivity contribution in [2.24, 2.45) is 5.73 Å². The van der Waals surface area contributed by atoms with E-state index in [0.717, 1.165) is 21.8 Å². The monoisotopic (exact) mass is 445 g/mol. The lowest BCUT2D eigenvalue weighted by molar-refractivity contribution is -0.133. The van der Waals surface area contributed by atoms with E-state index in [1.807, 2.05) is 30.3 Å². The van der Waals surface area contributed by atoms with Gasteiger partial charge in [-0.25, -0.2) is 4.79 Å². The number of aliphatic hydroxyl groups excluding tert-OH is 1. The normalized spacial score (nSPS) is 16.3. The van der Waals surface area contributed by atoms with Crippen molar-refractivity contribution in [3.8, 4) is 0 Å². The Morgan fingerprint density at radius 3 is 2.48 bits per heavy atom. The van der Waals surface area contributed by atoms with Gasteiger partial charge < -0.3 is 20.5 Å². The molecule has 0 fully saturated rings. The first-order chi connectivity index (χ1) is 14.6. The van der Waals surface area contributed by atoms with E-state index in [0.29, 0.717) is 28.4 Å². The summed E-state index contributed by atoms with van der Waals surface area (Å²) in [4.78, 5) is 41.0. The van der Waals surface area contributed by atoms with Crippen molar-refractivity contribution in [2.45, 2.75) is 46.0 Å². The number of rotatable bonds is 7. The molecule has 2 aromatic rings. The molecule has 0 saturated carbocycles. The van der Waals surface area contributed by atoms with Crippen molar-refractivity contribution in [1.82, 2.24) is 4.90 Å². The summed E-state index contributed by atoms with van der Waals surface area (Å²) in [5, 5.41) is 11.6. The Balaban J connectivity index is 2.09. The van der Waals surface area contributed by atoms with Crippen molar-refractivity contribution < 1.29 is 24.2 Å². The van der Waals surface area contributed by atoms with Crippen LogP contribution in [0.3, 0.4) is 0 Å². The van der Waals surface area contributed by atoms with Crippen molar-refractivity contribution in [1.29, 1.82) is 0 Å². The summed E-state index contributed by atoms with van der Waals surface area (Å²) in [5.41, 5.74) is 5.90. The van der Waals surface area contributed by atoms with Gasteiger partial charge in [-0.05, 0) is 45.2 Å². The second-order valence-corrected chi connectivity index (χ2v) is 8.83. The summed E-state index contributed by atoms with van der Waals surface area (Å²) in [6.07, 6.45) is -0.832. The Labute approximate surface area is 185 Å². The van der Waals surface area contributed by atoms with Crippen LogP contribution >= 0.6 is 11.3 Å². The van der Waals surface area contributed by atoms with Crippen molar-refractivity contribution >= 4 is 34.1 Å². The Bertz CT molecular complexity index is 1000. The molecule has 9 heteroatoms. The Kier molecular flexibility index (Phi) is 6.38. The highest BCUT2D eigenvalue weighted by Crippen LogP contribution is 2.43. The average Bonchev–Trinajstić information content (AvgIpc) is 3.06. The lowest BCUT2D eigenvalue weighted by atomic mass is 9.98. The number of carbonyl (C=O) groups excluding carboxylic acids is 3. The number of anilines is 1. The number of benzene rings is 1. The first-order valence-electron chi connectivity index (χ1n) is 10.0. The van der Waals surface area contributed by atoms with Gasteiger partial charge in [0.2, 0.25) is 12.3 Å². The zero-order valence-electron chi connectivity index (χ0n) is 18.0. The number of nitrogens with two attached hydrogens (primary N) is 1. The molecule has 0 aliphatic carbocycles. The summed E-state index contributed by atoms with van der Waals surface area (Å²) in [7, 11) is 0. The number of ether oxygens (including phenoxy) is 1. The maximum Gasteiger partial charge on any atom is 0.348 e. The molecule has 0 saturated heterocycles. The fourth-order valence-electron chi connectivity index (χ4n) is 3.59. The maximum atomic E-state index is 13.4. The first-order valence-corrected chi connectivity index (χ1v) is 10.9. The van der Waals surface area contributed by atoms with Crippen LogP contribution in [0.4, 0.5) is 5.00 Å². The summed E-state index contributed by atoms with van der Waals surface area (Å²) in [6, 6.07) is 9.71. The van der Waals surface area contributed by atoms with Gasteiger partial charge in [0, 0.05) is 6.54 Å². The van der Waals surface area contributed by atoms with Crippen LogP contribution < -0.4 is 10.6 Å². The average molecular weight is 446 g/mol. The number of primary amides is 1. The van der Waals surface area contributed by atoms with Gasteiger partial charge in [-0.1, -0.05) is 30.3 Å². The molecule has 166 valence electrons. The number of aliphatic hydroxyl groups is 1. The quantitative estimate of drug-likeness (QED) is 0.632. The molecule has 1 aliphatic rings. The van der Waals surface area contributed by atoms with Crippen LogP contribution in [0, 0.1) is 6.92 Å². The Morgan fingerprint density at radius 1 is 1.26 bits per heavy atom. The van der Waals surface area contributed by atoms with Crippen LogP contribution in [0.5, 0.6) is 0 Å². The topological polar surface area (TPSA) is 113 Å². The van der Waals surface area contributed by atoms with Crippen LogP contribution in [0.15, 0.2) is 30.3 Å². The van der Waals surface area contributed by atoms with Gasteiger partial charge >= 0.3 is 5.97 Å². The molecule has 3 rings (SSSR count). The van der Waals surface area contributed by atoms with Gasteiger partial charge in [-0.2, -0.15) is 0 Å². The molecule has 2 amide bonds. The van der Waals surface area contributed by atoms with Crippen LogP contribution in [0.1, 0.15) is 51.9 Å². The predicted octanol–water partition coefficient (Wildman–Crippen LogP) is 2.28. The van der Waals surface area contributed by atoms with E-state index in [-0.39, 0.29) is 12.2 Å². The van der Waals surface area contributed by atoms with Gasteiger partial charge in [0.1, 0.15) is 15.4 Å². The second-order valence-electron chi connectivity index (χ2n) is 7.83. The number of hydrogen-bond donors (Lipinski definition) is 2. The lowest BCUT2D eigenvalue weighted by Crippen LogP contribution is -2.66. The number of thiophene rings is 1. The molecule has 0 spiro atoms. The molecule has 31 heavy (non-hydrogen) atoms. The van der Waals surface area contributed by atoms with Crippen LogP contribution in [-0.4, -0.2) is 52.8 Å². The van der Waals surface area contributed by atoms with Crippen LogP contribution in [-0.2, 0) is 16.0 Å². The molecule has 1 atom stereocenters. The molecule has 8 nitrogen and oxygen atoms in total. The fourth-order valence-corrected chi connectivity index (χ4v) is 4.82. The SMILES string of the molecule is CCOC(=O)c1sc2c(c1C)C(=O)N(C(C)(C)C(N)=O)C(O)N2CCc1ccccc1. The summed E-state index contributed by atoms with van der Waals surface area (Å²) in [5.74, 6) is -1.82. The van der Waals surface area contributed by atoms with Crippen LogP contribution in [0.25, 0.3) is 0 Å². The Hall–Kier alpha value is -2.91. The molecular weight excluding hydrogens is 418 g/mol. The molecule has 2 heterocycles. The third-order valence-electron chi connectivity index (χ3n) is 5.48. The third kappa shape index (κ3) is 4.03. The number of amides is 2. The molecule has 0 bridgehead atoms. The van der Waals surface area contributed by atoms with Gasteiger partial charge in [-0.15, -0.1) is 11.3 Å². The summed E-state index contributed by atoms with van der Waals surface area (Å²) < 4.78 is 5.14. The van der Waals surface area contributed by atoms with Gasteiger partial charge in [0.25, 0.3) is 5.91 Å². The van der Waals surface area contributed by atoms with E-state index in [1.165, 1.54) is 13.8 Å². The second kappa shape index (κ2) is 8.68. The standard InChI is InChI=1S/C22H27N3O5S/c1-5-30-19(27)16-13(2)15-17(26)25(22(3,4)20(23)28)21(29)24(18(15)31-16)12-11-14-9-7-6-8-10-14/h6-10,21,29H,5,11-12H2,1-4H3,(H2,23,28). The first kappa shape index (κ1) is 22.8. The van der Waals surface area contributed by atoms with Crippen molar-refractivity contribution in [2.75, 3.05) is 18.1 Å². The highest BCUT2D eigenvalue weighted by molar-refractivity contribution is 7.18. The zero-order valence-corrected chi connectivity index (χ0v) is 18.9. The minimum Gasteiger partial charge on any atom is -0.462 e.